The predicted octanol–water partition coefficient (Wildman–Crippen LogP) is 4.35. The molecule has 3 heterocycles. The lowest BCUT2D eigenvalue weighted by Gasteiger charge is -2.24. The predicted molar refractivity (Wildman–Crippen MR) is 162 cm³/mol. The Bertz CT molecular complexity index is 1860. The van der Waals surface area contributed by atoms with Crippen molar-refractivity contribution in [2.24, 2.45) is 4.99 Å². The van der Waals surface area contributed by atoms with E-state index in [1.165, 1.54) is 11.3 Å². The van der Waals surface area contributed by atoms with Crippen LogP contribution in [0.4, 0.5) is 0 Å². The molecule has 41 heavy (non-hydrogen) atoms. The monoisotopic (exact) mass is 589 g/mol. The summed E-state index contributed by atoms with van der Waals surface area (Å²) < 4.78 is 14.6. The molecule has 0 fully saturated rings. The van der Waals surface area contributed by atoms with Crippen LogP contribution in [0, 0.1) is 6.92 Å². The summed E-state index contributed by atoms with van der Waals surface area (Å²) in [6.07, 6.45) is 3.86. The van der Waals surface area contributed by atoms with E-state index in [4.69, 9.17) is 9.47 Å². The molecule has 0 amide bonds. The van der Waals surface area contributed by atoms with Gasteiger partial charge in [0.1, 0.15) is 6.54 Å². The van der Waals surface area contributed by atoms with Crippen molar-refractivity contribution < 1.29 is 19.1 Å². The number of carbonyl (C=O) groups is 2. The molecule has 0 bridgehead atoms. The second-order valence-corrected chi connectivity index (χ2v) is 11.4. The molecule has 0 radical (unpaired) electrons. The van der Waals surface area contributed by atoms with Crippen molar-refractivity contribution in [1.82, 2.24) is 9.13 Å². The number of ether oxygens (including phenoxy) is 2. The number of thiazole rings is 1. The fourth-order valence-corrected chi connectivity index (χ4v) is 6.64. The second kappa shape index (κ2) is 11.9. The third-order valence-corrected chi connectivity index (χ3v) is 8.82. The molecular weight excluding hydrogens is 558 g/mol. The molecule has 2 aromatic heterocycles. The number of thioether (sulfide) groups is 1. The topological polar surface area (TPSA) is 91.9 Å². The maximum absolute atomic E-state index is 14.1. The zero-order valence-corrected chi connectivity index (χ0v) is 25.2. The molecular formula is C31H31N3O5S2. The second-order valence-electron chi connectivity index (χ2n) is 9.48. The number of esters is 2. The van der Waals surface area contributed by atoms with Gasteiger partial charge < -0.3 is 14.0 Å². The Morgan fingerprint density at radius 1 is 1.05 bits per heavy atom. The lowest BCUT2D eigenvalue weighted by atomic mass is 9.96. The number of hydrogen-bond donors (Lipinski definition) is 0. The van der Waals surface area contributed by atoms with Gasteiger partial charge in [0.05, 0.1) is 35.1 Å². The summed E-state index contributed by atoms with van der Waals surface area (Å²) in [5, 5.41) is 0.924. The van der Waals surface area contributed by atoms with Gasteiger partial charge in [-0.05, 0) is 63.8 Å². The number of aromatic nitrogens is 2. The summed E-state index contributed by atoms with van der Waals surface area (Å²) in [6, 6.07) is 15.0. The maximum atomic E-state index is 14.1. The van der Waals surface area contributed by atoms with Gasteiger partial charge in [-0.15, -0.1) is 11.8 Å². The van der Waals surface area contributed by atoms with Crippen LogP contribution in [0.3, 0.4) is 0 Å². The van der Waals surface area contributed by atoms with Gasteiger partial charge in [-0.3, -0.25) is 14.2 Å². The highest BCUT2D eigenvalue weighted by atomic mass is 32.2. The molecule has 2 aromatic carbocycles. The minimum Gasteiger partial charge on any atom is -0.465 e. The average Bonchev–Trinajstić information content (AvgIpc) is 3.41. The summed E-state index contributed by atoms with van der Waals surface area (Å²) >= 11 is 2.90. The van der Waals surface area contributed by atoms with E-state index in [0.29, 0.717) is 27.2 Å². The maximum Gasteiger partial charge on any atom is 0.338 e. The molecule has 1 aliphatic heterocycles. The Morgan fingerprint density at radius 2 is 1.76 bits per heavy atom. The smallest absolute Gasteiger partial charge is 0.338 e. The molecule has 0 spiro atoms. The fourth-order valence-electron chi connectivity index (χ4n) is 5.20. The quantitative estimate of drug-likeness (QED) is 0.224. The summed E-state index contributed by atoms with van der Waals surface area (Å²) in [7, 11) is 0. The Balaban J connectivity index is 1.71. The lowest BCUT2D eigenvalue weighted by Crippen LogP contribution is -2.39. The molecule has 8 nitrogen and oxygen atoms in total. The lowest BCUT2D eigenvalue weighted by molar-refractivity contribution is -0.143. The zero-order valence-electron chi connectivity index (χ0n) is 23.6. The Morgan fingerprint density at radius 3 is 2.44 bits per heavy atom. The molecule has 5 rings (SSSR count). The van der Waals surface area contributed by atoms with E-state index in [1.54, 1.807) is 37.1 Å². The van der Waals surface area contributed by atoms with E-state index < -0.39 is 12.0 Å². The van der Waals surface area contributed by atoms with Gasteiger partial charge in [0.15, 0.2) is 4.80 Å². The van der Waals surface area contributed by atoms with Gasteiger partial charge in [-0.25, -0.2) is 9.79 Å². The number of allylic oxidation sites excluding steroid dienone is 1. The third-order valence-electron chi connectivity index (χ3n) is 7.10. The Hall–Kier alpha value is -3.89. The average molecular weight is 590 g/mol. The number of para-hydroxylation sites is 1. The van der Waals surface area contributed by atoms with E-state index in [9.17, 15) is 14.4 Å². The first-order valence-electron chi connectivity index (χ1n) is 13.4. The van der Waals surface area contributed by atoms with Crippen LogP contribution in [-0.4, -0.2) is 40.5 Å². The standard InChI is InChI=1S/C31H31N3O5S2/c1-6-38-26(35)17-33-19(4)23(22-10-8-9-11-24(22)33)16-25-29(36)34-28(20-12-14-21(40-5)15-13-20)27(30(37)39-7-2)18(3)32-31(34)41-25/h8-16,28H,6-7,17H2,1-5H3/b25-16-/t28-/m1/s1. The van der Waals surface area contributed by atoms with Gasteiger partial charge in [0.2, 0.25) is 0 Å². The van der Waals surface area contributed by atoms with Crippen molar-refractivity contribution >= 4 is 52.0 Å². The van der Waals surface area contributed by atoms with Crippen molar-refractivity contribution in [2.45, 2.75) is 45.2 Å². The summed E-state index contributed by atoms with van der Waals surface area (Å²) in [5.41, 5.74) is 4.00. The molecule has 0 N–H and O–H groups in total. The van der Waals surface area contributed by atoms with Crippen LogP contribution in [0.15, 0.2) is 74.5 Å². The molecule has 1 atom stereocenters. The fraction of sp³-hybridized carbons (Fsp3) is 0.290. The van der Waals surface area contributed by atoms with Crippen LogP contribution >= 0.6 is 23.1 Å². The van der Waals surface area contributed by atoms with Gasteiger partial charge >= 0.3 is 11.9 Å². The van der Waals surface area contributed by atoms with Gasteiger partial charge in [0, 0.05) is 27.1 Å². The highest BCUT2D eigenvalue weighted by Gasteiger charge is 2.33. The van der Waals surface area contributed by atoms with Gasteiger partial charge in [-0.1, -0.05) is 41.7 Å². The van der Waals surface area contributed by atoms with Crippen molar-refractivity contribution in [3.8, 4) is 0 Å². The van der Waals surface area contributed by atoms with Crippen LogP contribution < -0.4 is 14.9 Å². The molecule has 0 aliphatic carbocycles. The summed E-state index contributed by atoms with van der Waals surface area (Å²) in [4.78, 5) is 45.9. The molecule has 10 heteroatoms. The number of rotatable bonds is 8. The first-order chi connectivity index (χ1) is 19.8. The minimum absolute atomic E-state index is 0.0728. The Labute approximate surface area is 245 Å². The van der Waals surface area contributed by atoms with E-state index in [-0.39, 0.29) is 24.7 Å². The van der Waals surface area contributed by atoms with Crippen LogP contribution in [0.1, 0.15) is 43.6 Å². The van der Waals surface area contributed by atoms with Crippen molar-refractivity contribution in [2.75, 3.05) is 19.5 Å². The van der Waals surface area contributed by atoms with E-state index in [1.807, 2.05) is 72.4 Å². The van der Waals surface area contributed by atoms with E-state index in [2.05, 4.69) is 4.99 Å². The van der Waals surface area contributed by atoms with Gasteiger partial charge in [0.25, 0.3) is 5.56 Å². The summed E-state index contributed by atoms with van der Waals surface area (Å²) in [5.74, 6) is -0.809. The number of hydrogen-bond acceptors (Lipinski definition) is 8. The molecule has 212 valence electrons. The van der Waals surface area contributed by atoms with Crippen LogP contribution in [0.25, 0.3) is 17.0 Å². The molecule has 0 unspecified atom stereocenters. The van der Waals surface area contributed by atoms with Crippen molar-refractivity contribution in [3.63, 3.8) is 0 Å². The van der Waals surface area contributed by atoms with Crippen LogP contribution in [-0.2, 0) is 25.6 Å². The minimum atomic E-state index is -0.672. The highest BCUT2D eigenvalue weighted by molar-refractivity contribution is 7.98. The molecule has 4 aromatic rings. The third kappa shape index (κ3) is 5.29. The molecule has 0 saturated carbocycles. The van der Waals surface area contributed by atoms with Crippen LogP contribution in [0.2, 0.25) is 0 Å². The zero-order chi connectivity index (χ0) is 29.3. The SMILES string of the molecule is CCOC(=O)Cn1c(C)c(/C=c2\sc3n(c2=O)[C@H](c2ccc(SC)cc2)C(C(=O)OCC)=C(C)N=3)c2ccccc21. The number of carbonyl (C=O) groups excluding carboxylic acids is 2. The molecule has 1 aliphatic rings. The first-order valence-corrected chi connectivity index (χ1v) is 15.4. The largest absolute Gasteiger partial charge is 0.465 e. The summed E-state index contributed by atoms with van der Waals surface area (Å²) in [6.45, 7) is 7.84. The number of fused-ring (bicyclic) bond motifs is 2. The van der Waals surface area contributed by atoms with Crippen molar-refractivity contribution in [3.05, 3.63) is 96.3 Å². The number of benzene rings is 2. The highest BCUT2D eigenvalue weighted by Crippen LogP contribution is 2.32. The normalized spacial score (nSPS) is 15.1. The molecule has 0 saturated heterocycles. The van der Waals surface area contributed by atoms with Gasteiger partial charge in [-0.2, -0.15) is 0 Å². The first kappa shape index (κ1) is 28.6. The van der Waals surface area contributed by atoms with E-state index >= 15 is 0 Å². The Kier molecular flexibility index (Phi) is 8.32. The van der Waals surface area contributed by atoms with Crippen LogP contribution in [0.5, 0.6) is 0 Å². The van der Waals surface area contributed by atoms with E-state index in [0.717, 1.165) is 32.6 Å². The van der Waals surface area contributed by atoms with Crippen molar-refractivity contribution in [1.29, 1.82) is 0 Å². The number of nitrogens with zero attached hydrogens (tertiary/aromatic N) is 3.